The number of nitrogens with one attached hydrogen (secondary N) is 1. The zero-order valence-corrected chi connectivity index (χ0v) is 13.8. The molecule has 7 heteroatoms. The minimum Gasteiger partial charge on any atom is -0.321 e. The van der Waals surface area contributed by atoms with E-state index >= 15 is 0 Å². The number of nitrogens with zero attached hydrogens (tertiary/aromatic N) is 3. The van der Waals surface area contributed by atoms with Crippen LogP contribution in [0.15, 0.2) is 24.3 Å². The van der Waals surface area contributed by atoms with Gasteiger partial charge in [-0.1, -0.05) is 43.4 Å². The standard InChI is InChI=1S/C15H19FN4OS/c1-9(2)13-18-19-14(22-13)17-15(21)20(4)10(3)11-7-5-6-8-12(11)16/h5-10H,1-4H3,(H,17,19,21). The van der Waals surface area contributed by atoms with E-state index in [1.165, 1.54) is 22.3 Å². The van der Waals surface area contributed by atoms with Gasteiger partial charge in [-0.2, -0.15) is 0 Å². The highest BCUT2D eigenvalue weighted by Gasteiger charge is 2.21. The Morgan fingerprint density at radius 1 is 1.27 bits per heavy atom. The van der Waals surface area contributed by atoms with E-state index in [0.717, 1.165) is 5.01 Å². The zero-order valence-electron chi connectivity index (χ0n) is 13.0. The Kier molecular flexibility index (Phi) is 5.07. The lowest BCUT2D eigenvalue weighted by Crippen LogP contribution is -2.34. The number of halogens is 1. The number of hydrogen-bond acceptors (Lipinski definition) is 4. The van der Waals surface area contributed by atoms with Gasteiger partial charge in [-0.05, 0) is 13.0 Å². The quantitative estimate of drug-likeness (QED) is 0.924. The minimum atomic E-state index is -0.390. The molecule has 1 aromatic heterocycles. The molecule has 2 aromatic rings. The minimum absolute atomic E-state index is 0.262. The molecule has 0 saturated carbocycles. The van der Waals surface area contributed by atoms with E-state index in [1.54, 1.807) is 32.2 Å². The molecule has 1 aromatic carbocycles. The van der Waals surface area contributed by atoms with E-state index in [9.17, 15) is 9.18 Å². The van der Waals surface area contributed by atoms with E-state index < -0.39 is 6.04 Å². The SMILES string of the molecule is CC(C)c1nnc(NC(=O)N(C)C(C)c2ccccc2F)s1. The Hall–Kier alpha value is -2.02. The van der Waals surface area contributed by atoms with Crippen LogP contribution in [0.3, 0.4) is 0 Å². The molecule has 1 N–H and O–H groups in total. The van der Waals surface area contributed by atoms with Crippen LogP contribution in [0.5, 0.6) is 0 Å². The van der Waals surface area contributed by atoms with Crippen molar-refractivity contribution >= 4 is 22.5 Å². The summed E-state index contributed by atoms with van der Waals surface area (Å²) in [7, 11) is 1.62. The van der Waals surface area contributed by atoms with Gasteiger partial charge < -0.3 is 4.90 Å². The highest BCUT2D eigenvalue weighted by molar-refractivity contribution is 7.15. The zero-order chi connectivity index (χ0) is 16.3. The maximum Gasteiger partial charge on any atom is 0.323 e. The Morgan fingerprint density at radius 2 is 1.95 bits per heavy atom. The Balaban J connectivity index is 2.06. The molecule has 0 saturated heterocycles. The number of carbonyl (C=O) groups is 1. The summed E-state index contributed by atoms with van der Waals surface area (Å²) >= 11 is 1.34. The molecular formula is C15H19FN4OS. The lowest BCUT2D eigenvalue weighted by atomic mass is 10.1. The second kappa shape index (κ2) is 6.83. The van der Waals surface area contributed by atoms with Crippen molar-refractivity contribution in [3.63, 3.8) is 0 Å². The van der Waals surface area contributed by atoms with Crippen LogP contribution in [0.4, 0.5) is 14.3 Å². The van der Waals surface area contributed by atoms with Crippen molar-refractivity contribution in [2.24, 2.45) is 0 Å². The normalized spacial score (nSPS) is 12.3. The lowest BCUT2D eigenvalue weighted by molar-refractivity contribution is 0.207. The fourth-order valence-electron chi connectivity index (χ4n) is 1.90. The van der Waals surface area contributed by atoms with Crippen molar-refractivity contribution in [2.75, 3.05) is 12.4 Å². The lowest BCUT2D eigenvalue weighted by Gasteiger charge is -2.25. The van der Waals surface area contributed by atoms with Crippen LogP contribution in [0, 0.1) is 5.82 Å². The molecule has 0 aliphatic carbocycles. The number of benzene rings is 1. The van der Waals surface area contributed by atoms with E-state index in [1.807, 2.05) is 13.8 Å². The summed E-state index contributed by atoms with van der Waals surface area (Å²) in [5.74, 6) is -0.0640. The molecule has 0 aliphatic rings. The highest BCUT2D eigenvalue weighted by atomic mass is 32.1. The monoisotopic (exact) mass is 322 g/mol. The summed E-state index contributed by atoms with van der Waals surface area (Å²) in [6.45, 7) is 5.80. The first-order valence-electron chi connectivity index (χ1n) is 7.01. The summed E-state index contributed by atoms with van der Waals surface area (Å²) in [6, 6.07) is 5.70. The van der Waals surface area contributed by atoms with Crippen molar-refractivity contribution in [3.8, 4) is 0 Å². The van der Waals surface area contributed by atoms with Crippen molar-refractivity contribution in [2.45, 2.75) is 32.7 Å². The number of rotatable bonds is 4. The predicted molar refractivity (Wildman–Crippen MR) is 85.6 cm³/mol. The number of urea groups is 1. The maximum absolute atomic E-state index is 13.8. The molecule has 22 heavy (non-hydrogen) atoms. The number of anilines is 1. The maximum atomic E-state index is 13.8. The van der Waals surface area contributed by atoms with Gasteiger partial charge in [0.05, 0.1) is 6.04 Å². The van der Waals surface area contributed by atoms with Gasteiger partial charge in [0.25, 0.3) is 0 Å². The Bertz CT molecular complexity index is 658. The van der Waals surface area contributed by atoms with Gasteiger partial charge in [-0.3, -0.25) is 5.32 Å². The van der Waals surface area contributed by atoms with Gasteiger partial charge in [-0.15, -0.1) is 10.2 Å². The van der Waals surface area contributed by atoms with Crippen molar-refractivity contribution in [1.82, 2.24) is 15.1 Å². The first kappa shape index (κ1) is 16.4. The Morgan fingerprint density at radius 3 is 2.55 bits per heavy atom. The fraction of sp³-hybridized carbons (Fsp3) is 0.400. The third-order valence-electron chi connectivity index (χ3n) is 3.40. The van der Waals surface area contributed by atoms with Crippen molar-refractivity contribution < 1.29 is 9.18 Å². The summed E-state index contributed by atoms with van der Waals surface area (Å²) in [5.41, 5.74) is 0.472. The molecule has 2 rings (SSSR count). The second-order valence-electron chi connectivity index (χ2n) is 5.34. The molecule has 5 nitrogen and oxygen atoms in total. The molecule has 0 aliphatic heterocycles. The van der Waals surface area contributed by atoms with Gasteiger partial charge >= 0.3 is 6.03 Å². The van der Waals surface area contributed by atoms with Crippen molar-refractivity contribution in [1.29, 1.82) is 0 Å². The second-order valence-corrected chi connectivity index (χ2v) is 6.35. The van der Waals surface area contributed by atoms with Crippen LogP contribution < -0.4 is 5.32 Å². The summed E-state index contributed by atoms with van der Waals surface area (Å²) < 4.78 is 13.8. The fourth-order valence-corrected chi connectivity index (χ4v) is 2.63. The number of aromatic nitrogens is 2. The molecule has 1 atom stereocenters. The third kappa shape index (κ3) is 3.59. The van der Waals surface area contributed by atoms with Crippen LogP contribution in [-0.2, 0) is 0 Å². The average Bonchev–Trinajstić information content (AvgIpc) is 2.95. The Labute approximate surface area is 133 Å². The van der Waals surface area contributed by atoms with Gasteiger partial charge in [0.2, 0.25) is 5.13 Å². The van der Waals surface area contributed by atoms with Gasteiger partial charge in [0.1, 0.15) is 10.8 Å². The van der Waals surface area contributed by atoms with Gasteiger partial charge in [0, 0.05) is 18.5 Å². The molecule has 1 unspecified atom stereocenters. The number of amides is 2. The van der Waals surface area contributed by atoms with Crippen LogP contribution in [-0.4, -0.2) is 28.2 Å². The van der Waals surface area contributed by atoms with Crippen molar-refractivity contribution in [3.05, 3.63) is 40.7 Å². The molecule has 0 bridgehead atoms. The van der Waals surface area contributed by atoms with E-state index in [-0.39, 0.29) is 17.8 Å². The highest BCUT2D eigenvalue weighted by Crippen LogP contribution is 2.25. The molecule has 2 amide bonds. The van der Waals surface area contributed by atoms with E-state index in [2.05, 4.69) is 15.5 Å². The molecule has 0 fully saturated rings. The van der Waals surface area contributed by atoms with Gasteiger partial charge in [-0.25, -0.2) is 9.18 Å². The third-order valence-corrected chi connectivity index (χ3v) is 4.54. The van der Waals surface area contributed by atoms with Crippen LogP contribution in [0.2, 0.25) is 0 Å². The first-order chi connectivity index (χ1) is 10.4. The smallest absolute Gasteiger partial charge is 0.321 e. The largest absolute Gasteiger partial charge is 0.323 e. The van der Waals surface area contributed by atoms with Gasteiger partial charge in [0.15, 0.2) is 0 Å². The summed E-state index contributed by atoms with van der Waals surface area (Å²) in [4.78, 5) is 13.7. The molecule has 0 spiro atoms. The van der Waals surface area contributed by atoms with E-state index in [0.29, 0.717) is 10.7 Å². The topological polar surface area (TPSA) is 58.1 Å². The number of hydrogen-bond donors (Lipinski definition) is 1. The molecule has 1 heterocycles. The average molecular weight is 322 g/mol. The van der Waals surface area contributed by atoms with Crippen LogP contribution in [0.25, 0.3) is 0 Å². The van der Waals surface area contributed by atoms with E-state index in [4.69, 9.17) is 0 Å². The summed E-state index contributed by atoms with van der Waals surface area (Å²) in [6.07, 6.45) is 0. The van der Waals surface area contributed by atoms with Crippen LogP contribution in [0.1, 0.15) is 43.3 Å². The molecule has 118 valence electrons. The number of carbonyl (C=O) groups excluding carboxylic acids is 1. The first-order valence-corrected chi connectivity index (χ1v) is 7.83. The van der Waals surface area contributed by atoms with Crippen LogP contribution >= 0.6 is 11.3 Å². The molecular weight excluding hydrogens is 303 g/mol. The predicted octanol–water partition coefficient (Wildman–Crippen LogP) is 4.03. The summed E-state index contributed by atoms with van der Waals surface area (Å²) in [5, 5.41) is 12.0. The molecule has 0 radical (unpaired) electrons.